The van der Waals surface area contributed by atoms with Crippen molar-refractivity contribution in [3.05, 3.63) is 54.1 Å². The Balaban J connectivity index is 1.60. The van der Waals surface area contributed by atoms with E-state index in [0.717, 1.165) is 0 Å². The van der Waals surface area contributed by atoms with E-state index in [2.05, 4.69) is 10.6 Å². The molecule has 0 aliphatic carbocycles. The molecule has 10 nitrogen and oxygen atoms in total. The normalized spacial score (nSPS) is 16.6. The van der Waals surface area contributed by atoms with E-state index < -0.39 is 28.1 Å². The number of para-hydroxylation sites is 1. The zero-order chi connectivity index (χ0) is 23.8. The van der Waals surface area contributed by atoms with E-state index in [1.807, 2.05) is 0 Å². The highest BCUT2D eigenvalue weighted by Gasteiger charge is 2.35. The van der Waals surface area contributed by atoms with Crippen molar-refractivity contribution in [1.82, 2.24) is 14.9 Å². The molecule has 1 unspecified atom stereocenters. The number of carbonyl (C=O) groups is 2. The van der Waals surface area contributed by atoms with Crippen molar-refractivity contribution in [2.45, 2.75) is 24.1 Å². The van der Waals surface area contributed by atoms with E-state index in [4.69, 9.17) is 14.2 Å². The van der Waals surface area contributed by atoms with Crippen LogP contribution in [-0.4, -0.2) is 64.7 Å². The molecule has 2 aromatic carbocycles. The van der Waals surface area contributed by atoms with Crippen LogP contribution in [0.25, 0.3) is 0 Å². The van der Waals surface area contributed by atoms with Gasteiger partial charge in [-0.2, -0.15) is 4.31 Å². The zero-order valence-corrected chi connectivity index (χ0v) is 19.3. The Labute approximate surface area is 192 Å². The molecule has 0 radical (unpaired) electrons. The molecule has 0 bridgehead atoms. The highest BCUT2D eigenvalue weighted by atomic mass is 32.2. The molecule has 2 N–H and O–H groups in total. The maximum absolute atomic E-state index is 13.1. The Morgan fingerprint density at radius 2 is 1.73 bits per heavy atom. The van der Waals surface area contributed by atoms with Gasteiger partial charge in [-0.05, 0) is 36.8 Å². The summed E-state index contributed by atoms with van der Waals surface area (Å²) >= 11 is 0. The van der Waals surface area contributed by atoms with E-state index >= 15 is 0 Å². The Morgan fingerprint density at radius 1 is 1.03 bits per heavy atom. The molecular formula is C22H27N3O7S. The second-order valence-electron chi connectivity index (χ2n) is 7.17. The number of rotatable bonds is 8. The number of carbonyl (C=O) groups excluding carboxylic acids is 2. The first-order chi connectivity index (χ1) is 15.9. The largest absolute Gasteiger partial charge is 0.497 e. The first-order valence-corrected chi connectivity index (χ1v) is 11.8. The van der Waals surface area contributed by atoms with Crippen LogP contribution in [0.5, 0.6) is 11.5 Å². The smallest absolute Gasteiger partial charge is 0.309 e. The molecule has 0 aromatic heterocycles. The Hall–Kier alpha value is -3.15. The molecule has 1 atom stereocenters. The average Bonchev–Trinajstić information content (AvgIpc) is 2.86. The van der Waals surface area contributed by atoms with Gasteiger partial charge in [0.2, 0.25) is 10.0 Å². The standard InChI is InChI=1S/C22H27N3O7S/c1-30-17-8-10-18(11-9-17)33(28,29)25-12-5-13-32-20(25)15-24-22(27)21(26)23-14-16-6-3-4-7-19(16)31-2/h3-4,6-11,20H,5,12-15H2,1-2H3,(H,23,26)(H,24,27). The lowest BCUT2D eigenvalue weighted by atomic mass is 10.2. The van der Waals surface area contributed by atoms with Crippen molar-refractivity contribution in [3.63, 3.8) is 0 Å². The Kier molecular flexibility index (Phi) is 8.26. The van der Waals surface area contributed by atoms with Gasteiger partial charge in [0.1, 0.15) is 17.7 Å². The Bertz CT molecular complexity index is 1070. The lowest BCUT2D eigenvalue weighted by molar-refractivity contribution is -0.140. The molecule has 178 valence electrons. The first kappa shape index (κ1) is 24.5. The second-order valence-corrected chi connectivity index (χ2v) is 9.07. The van der Waals surface area contributed by atoms with Crippen molar-refractivity contribution < 1.29 is 32.2 Å². The monoisotopic (exact) mass is 477 g/mol. The van der Waals surface area contributed by atoms with Crippen LogP contribution >= 0.6 is 0 Å². The molecule has 0 saturated carbocycles. The fourth-order valence-corrected chi connectivity index (χ4v) is 4.92. The summed E-state index contributed by atoms with van der Waals surface area (Å²) in [4.78, 5) is 24.6. The molecule has 33 heavy (non-hydrogen) atoms. The van der Waals surface area contributed by atoms with E-state index in [1.54, 1.807) is 36.4 Å². The van der Waals surface area contributed by atoms with Gasteiger partial charge in [-0.3, -0.25) is 9.59 Å². The maximum Gasteiger partial charge on any atom is 0.309 e. The highest BCUT2D eigenvalue weighted by Crippen LogP contribution is 2.24. The van der Waals surface area contributed by atoms with Crippen molar-refractivity contribution in [1.29, 1.82) is 0 Å². The summed E-state index contributed by atoms with van der Waals surface area (Å²) < 4.78 is 43.3. The second kappa shape index (κ2) is 11.1. The summed E-state index contributed by atoms with van der Waals surface area (Å²) in [7, 11) is -0.861. The zero-order valence-electron chi connectivity index (χ0n) is 18.4. The van der Waals surface area contributed by atoms with Gasteiger partial charge in [-0.1, -0.05) is 18.2 Å². The minimum atomic E-state index is -3.87. The Morgan fingerprint density at radius 3 is 2.42 bits per heavy atom. The molecule has 0 spiro atoms. The number of nitrogens with one attached hydrogen (secondary N) is 2. The van der Waals surface area contributed by atoms with Crippen molar-refractivity contribution in [2.75, 3.05) is 33.9 Å². The van der Waals surface area contributed by atoms with Gasteiger partial charge in [-0.15, -0.1) is 0 Å². The quantitative estimate of drug-likeness (QED) is 0.541. The van der Waals surface area contributed by atoms with E-state index in [9.17, 15) is 18.0 Å². The van der Waals surface area contributed by atoms with Gasteiger partial charge < -0.3 is 24.8 Å². The van der Waals surface area contributed by atoms with Crippen molar-refractivity contribution >= 4 is 21.8 Å². The molecule has 2 amide bonds. The maximum atomic E-state index is 13.1. The number of benzene rings is 2. The predicted molar refractivity (Wildman–Crippen MR) is 119 cm³/mol. The average molecular weight is 478 g/mol. The van der Waals surface area contributed by atoms with Gasteiger partial charge in [0.25, 0.3) is 0 Å². The van der Waals surface area contributed by atoms with Crippen LogP contribution < -0.4 is 20.1 Å². The highest BCUT2D eigenvalue weighted by molar-refractivity contribution is 7.89. The number of hydrogen-bond acceptors (Lipinski definition) is 7. The third-order valence-electron chi connectivity index (χ3n) is 5.10. The van der Waals surface area contributed by atoms with Crippen molar-refractivity contribution in [3.8, 4) is 11.5 Å². The fourth-order valence-electron chi connectivity index (χ4n) is 3.35. The molecule has 3 rings (SSSR count). The molecule has 1 aliphatic rings. The van der Waals surface area contributed by atoms with Crippen LogP contribution in [0.2, 0.25) is 0 Å². The summed E-state index contributed by atoms with van der Waals surface area (Å²) in [6.07, 6.45) is -0.420. The number of ether oxygens (including phenoxy) is 3. The molecule has 1 aliphatic heterocycles. The predicted octanol–water partition coefficient (Wildman–Crippen LogP) is 0.874. The van der Waals surface area contributed by atoms with Crippen LogP contribution in [0.3, 0.4) is 0 Å². The summed E-state index contributed by atoms with van der Waals surface area (Å²) in [6, 6.07) is 13.1. The van der Waals surface area contributed by atoms with Crippen LogP contribution in [0, 0.1) is 0 Å². The summed E-state index contributed by atoms with van der Waals surface area (Å²) in [5.74, 6) is -0.609. The summed E-state index contributed by atoms with van der Waals surface area (Å²) in [5, 5.41) is 4.98. The molecule has 2 aromatic rings. The third kappa shape index (κ3) is 6.01. The van der Waals surface area contributed by atoms with Crippen LogP contribution in [0.4, 0.5) is 0 Å². The minimum Gasteiger partial charge on any atom is -0.497 e. The summed E-state index contributed by atoms with van der Waals surface area (Å²) in [5.41, 5.74) is 0.716. The van der Waals surface area contributed by atoms with E-state index in [1.165, 1.54) is 30.7 Å². The first-order valence-electron chi connectivity index (χ1n) is 10.3. The molecule has 1 heterocycles. The summed E-state index contributed by atoms with van der Waals surface area (Å²) in [6.45, 7) is 0.508. The van der Waals surface area contributed by atoms with Crippen molar-refractivity contribution in [2.24, 2.45) is 0 Å². The third-order valence-corrected chi connectivity index (χ3v) is 7.00. The van der Waals surface area contributed by atoms with Gasteiger partial charge in [0, 0.05) is 18.7 Å². The number of hydrogen-bond donors (Lipinski definition) is 2. The lowest BCUT2D eigenvalue weighted by Crippen LogP contribution is -2.53. The van der Waals surface area contributed by atoms with Crippen LogP contribution in [0.1, 0.15) is 12.0 Å². The SMILES string of the molecule is COc1ccc(S(=O)(=O)N2CCCOC2CNC(=O)C(=O)NCc2ccccc2OC)cc1. The van der Waals surface area contributed by atoms with E-state index in [0.29, 0.717) is 30.1 Å². The van der Waals surface area contributed by atoms with Gasteiger partial charge in [-0.25, -0.2) is 8.42 Å². The lowest BCUT2D eigenvalue weighted by Gasteiger charge is -2.34. The number of amides is 2. The number of methoxy groups -OCH3 is 2. The fraction of sp³-hybridized carbons (Fsp3) is 0.364. The van der Waals surface area contributed by atoms with Gasteiger partial charge in [0.05, 0.1) is 32.3 Å². The van der Waals surface area contributed by atoms with Gasteiger partial charge >= 0.3 is 11.8 Å². The van der Waals surface area contributed by atoms with Crippen LogP contribution in [-0.2, 0) is 30.9 Å². The van der Waals surface area contributed by atoms with E-state index in [-0.39, 0.29) is 24.5 Å². The molecular weight excluding hydrogens is 450 g/mol. The topological polar surface area (TPSA) is 123 Å². The van der Waals surface area contributed by atoms with Crippen LogP contribution in [0.15, 0.2) is 53.4 Å². The van der Waals surface area contributed by atoms with Gasteiger partial charge in [0.15, 0.2) is 0 Å². The number of nitrogens with zero attached hydrogens (tertiary/aromatic N) is 1. The molecule has 1 fully saturated rings. The number of sulfonamides is 1. The molecule has 11 heteroatoms. The minimum absolute atomic E-state index is 0.0830. The molecule has 1 saturated heterocycles.